The third-order valence-electron chi connectivity index (χ3n) is 4.01. The fraction of sp³-hybridized carbons (Fsp3) is 0.579. The Balaban J connectivity index is 0.00000364. The SMILES string of the molecule is CCNC(=NCCCCSC)NCCOc1ccc2c(c1)CCC(=O)N2.I. The molecule has 8 heteroatoms. The van der Waals surface area contributed by atoms with E-state index in [9.17, 15) is 4.79 Å². The zero-order chi connectivity index (χ0) is 18.6. The van der Waals surface area contributed by atoms with Crippen LogP contribution in [-0.4, -0.2) is 50.1 Å². The second-order valence-electron chi connectivity index (χ2n) is 6.10. The number of amides is 1. The van der Waals surface area contributed by atoms with Gasteiger partial charge >= 0.3 is 0 Å². The minimum Gasteiger partial charge on any atom is -0.492 e. The zero-order valence-corrected chi connectivity index (χ0v) is 19.3. The summed E-state index contributed by atoms with van der Waals surface area (Å²) in [6.45, 7) is 4.99. The van der Waals surface area contributed by atoms with E-state index in [0.29, 0.717) is 19.6 Å². The summed E-state index contributed by atoms with van der Waals surface area (Å²) in [5.74, 6) is 2.95. The van der Waals surface area contributed by atoms with Crippen molar-refractivity contribution in [3.8, 4) is 5.75 Å². The van der Waals surface area contributed by atoms with Crippen LogP contribution in [0.5, 0.6) is 5.75 Å². The predicted molar refractivity (Wildman–Crippen MR) is 126 cm³/mol. The van der Waals surface area contributed by atoms with Crippen molar-refractivity contribution in [3.05, 3.63) is 23.8 Å². The number of halogens is 1. The summed E-state index contributed by atoms with van der Waals surface area (Å²) < 4.78 is 5.82. The number of nitrogens with zero attached hydrogens (tertiary/aromatic N) is 1. The lowest BCUT2D eigenvalue weighted by molar-refractivity contribution is -0.116. The lowest BCUT2D eigenvalue weighted by Crippen LogP contribution is -2.39. The van der Waals surface area contributed by atoms with Crippen LogP contribution in [-0.2, 0) is 11.2 Å². The summed E-state index contributed by atoms with van der Waals surface area (Å²) in [5.41, 5.74) is 2.03. The monoisotopic (exact) mass is 506 g/mol. The van der Waals surface area contributed by atoms with Crippen LogP contribution in [0.15, 0.2) is 23.2 Å². The summed E-state index contributed by atoms with van der Waals surface area (Å²) in [5, 5.41) is 9.44. The van der Waals surface area contributed by atoms with E-state index < -0.39 is 0 Å². The van der Waals surface area contributed by atoms with Gasteiger partial charge in [0.2, 0.25) is 5.91 Å². The van der Waals surface area contributed by atoms with E-state index in [1.807, 2.05) is 30.0 Å². The maximum atomic E-state index is 11.4. The van der Waals surface area contributed by atoms with Crippen molar-refractivity contribution in [3.63, 3.8) is 0 Å². The Hall–Kier alpha value is -1.16. The largest absolute Gasteiger partial charge is 0.492 e. The Morgan fingerprint density at radius 3 is 2.93 bits per heavy atom. The van der Waals surface area contributed by atoms with E-state index in [2.05, 4.69) is 34.1 Å². The Labute approximate surface area is 183 Å². The van der Waals surface area contributed by atoms with Gasteiger partial charge < -0.3 is 20.7 Å². The standard InChI is InChI=1S/C19H30N4O2S.HI/c1-3-20-19(21-10-4-5-13-26-2)22-11-12-25-16-7-8-17-15(14-16)6-9-18(24)23-17;/h7-8,14H,3-6,9-13H2,1-2H3,(H,23,24)(H2,20,21,22);1H. The maximum absolute atomic E-state index is 11.4. The molecule has 2 rings (SSSR count). The van der Waals surface area contributed by atoms with Gasteiger partial charge in [-0.15, -0.1) is 24.0 Å². The second kappa shape index (κ2) is 13.9. The number of carbonyl (C=O) groups excluding carboxylic acids is 1. The number of nitrogens with one attached hydrogen (secondary N) is 3. The van der Waals surface area contributed by atoms with Gasteiger partial charge in [0.1, 0.15) is 12.4 Å². The molecule has 3 N–H and O–H groups in total. The molecule has 0 saturated carbocycles. The number of fused-ring (bicyclic) bond motifs is 1. The average Bonchev–Trinajstić information content (AvgIpc) is 2.65. The van der Waals surface area contributed by atoms with E-state index in [4.69, 9.17) is 4.74 Å². The van der Waals surface area contributed by atoms with Gasteiger partial charge in [0.15, 0.2) is 5.96 Å². The van der Waals surface area contributed by atoms with E-state index in [1.165, 1.54) is 12.2 Å². The normalized spacial score (nSPS) is 13.3. The number of aliphatic imine (C=N–C) groups is 1. The molecule has 0 atom stereocenters. The van der Waals surface area contributed by atoms with Crippen molar-refractivity contribution in [1.82, 2.24) is 10.6 Å². The summed E-state index contributed by atoms with van der Waals surface area (Å²) >= 11 is 1.88. The highest BCUT2D eigenvalue weighted by Gasteiger charge is 2.14. The molecular weight excluding hydrogens is 475 g/mol. The number of guanidine groups is 1. The fourth-order valence-corrected chi connectivity index (χ4v) is 3.17. The van der Waals surface area contributed by atoms with Gasteiger partial charge in [0.25, 0.3) is 0 Å². The molecule has 0 fully saturated rings. The van der Waals surface area contributed by atoms with Crippen LogP contribution in [0.3, 0.4) is 0 Å². The Morgan fingerprint density at radius 2 is 2.15 bits per heavy atom. The van der Waals surface area contributed by atoms with Crippen molar-refractivity contribution in [2.24, 2.45) is 4.99 Å². The van der Waals surface area contributed by atoms with Crippen LogP contribution in [0.25, 0.3) is 0 Å². The number of aryl methyl sites for hydroxylation is 1. The minimum atomic E-state index is 0. The number of anilines is 1. The van der Waals surface area contributed by atoms with Crippen LogP contribution in [0.4, 0.5) is 5.69 Å². The number of unbranched alkanes of at least 4 members (excludes halogenated alkanes) is 1. The lowest BCUT2D eigenvalue weighted by Gasteiger charge is -2.18. The molecule has 1 aliphatic heterocycles. The van der Waals surface area contributed by atoms with E-state index >= 15 is 0 Å². The molecule has 1 heterocycles. The number of hydrogen-bond donors (Lipinski definition) is 3. The second-order valence-corrected chi connectivity index (χ2v) is 7.09. The zero-order valence-electron chi connectivity index (χ0n) is 16.2. The number of carbonyl (C=O) groups is 1. The first-order valence-electron chi connectivity index (χ1n) is 9.29. The molecule has 6 nitrogen and oxygen atoms in total. The van der Waals surface area contributed by atoms with Crippen molar-refractivity contribution < 1.29 is 9.53 Å². The molecule has 0 aromatic heterocycles. The number of ether oxygens (including phenoxy) is 1. The van der Waals surface area contributed by atoms with Gasteiger partial charge in [-0.3, -0.25) is 9.79 Å². The van der Waals surface area contributed by atoms with Crippen LogP contribution < -0.4 is 20.7 Å². The summed E-state index contributed by atoms with van der Waals surface area (Å²) in [6.07, 6.45) is 5.75. The lowest BCUT2D eigenvalue weighted by atomic mass is 10.0. The van der Waals surface area contributed by atoms with Crippen molar-refractivity contribution in [1.29, 1.82) is 0 Å². The van der Waals surface area contributed by atoms with Crippen LogP contribution >= 0.6 is 35.7 Å². The van der Waals surface area contributed by atoms with Gasteiger partial charge in [0.05, 0.1) is 6.54 Å². The van der Waals surface area contributed by atoms with Gasteiger partial charge in [0, 0.05) is 25.2 Å². The number of thioether (sulfide) groups is 1. The van der Waals surface area contributed by atoms with Crippen LogP contribution in [0.1, 0.15) is 31.7 Å². The van der Waals surface area contributed by atoms with Gasteiger partial charge in [-0.2, -0.15) is 11.8 Å². The van der Waals surface area contributed by atoms with Crippen LogP contribution in [0, 0.1) is 0 Å². The maximum Gasteiger partial charge on any atom is 0.224 e. The number of benzene rings is 1. The van der Waals surface area contributed by atoms with Gasteiger partial charge in [-0.25, -0.2) is 0 Å². The molecular formula is C19H31IN4O2S. The molecule has 1 aliphatic rings. The molecule has 0 radical (unpaired) electrons. The Kier molecular flexibility index (Phi) is 12.3. The third-order valence-corrected chi connectivity index (χ3v) is 4.70. The molecule has 0 bridgehead atoms. The molecule has 0 aliphatic carbocycles. The van der Waals surface area contributed by atoms with Gasteiger partial charge in [-0.05, 0) is 62.0 Å². The smallest absolute Gasteiger partial charge is 0.224 e. The van der Waals surface area contributed by atoms with Crippen molar-refractivity contribution >= 4 is 53.3 Å². The summed E-state index contributed by atoms with van der Waals surface area (Å²) in [7, 11) is 0. The van der Waals surface area contributed by atoms with Crippen LogP contribution in [0.2, 0.25) is 0 Å². The number of hydrogen-bond acceptors (Lipinski definition) is 4. The van der Waals surface area contributed by atoms with E-state index in [1.54, 1.807) is 0 Å². The highest BCUT2D eigenvalue weighted by Crippen LogP contribution is 2.26. The number of rotatable bonds is 10. The molecule has 0 unspecified atom stereocenters. The summed E-state index contributed by atoms with van der Waals surface area (Å²) in [6, 6.07) is 5.82. The molecule has 1 amide bonds. The first-order chi connectivity index (χ1) is 12.7. The quantitative estimate of drug-likeness (QED) is 0.197. The minimum absolute atomic E-state index is 0. The Bertz CT molecular complexity index is 613. The summed E-state index contributed by atoms with van der Waals surface area (Å²) in [4.78, 5) is 16.0. The topological polar surface area (TPSA) is 74.8 Å². The highest BCUT2D eigenvalue weighted by atomic mass is 127. The molecule has 0 spiro atoms. The fourth-order valence-electron chi connectivity index (χ4n) is 2.68. The third kappa shape index (κ3) is 9.05. The van der Waals surface area contributed by atoms with Crippen molar-refractivity contribution in [2.45, 2.75) is 32.6 Å². The first kappa shape index (κ1) is 23.9. The van der Waals surface area contributed by atoms with E-state index in [-0.39, 0.29) is 29.9 Å². The average molecular weight is 506 g/mol. The molecule has 1 aromatic rings. The van der Waals surface area contributed by atoms with E-state index in [0.717, 1.165) is 48.9 Å². The van der Waals surface area contributed by atoms with Gasteiger partial charge in [-0.1, -0.05) is 0 Å². The molecule has 27 heavy (non-hydrogen) atoms. The molecule has 152 valence electrons. The Morgan fingerprint density at radius 1 is 1.30 bits per heavy atom. The predicted octanol–water partition coefficient (Wildman–Crippen LogP) is 3.27. The first-order valence-corrected chi connectivity index (χ1v) is 10.7. The van der Waals surface area contributed by atoms with Crippen molar-refractivity contribution in [2.75, 3.05) is 43.6 Å². The molecule has 1 aromatic carbocycles. The molecule has 0 saturated heterocycles. The highest BCUT2D eigenvalue weighted by molar-refractivity contribution is 14.0.